The molecular formula is C18H15BrN2. The van der Waals surface area contributed by atoms with E-state index in [0.29, 0.717) is 6.04 Å². The first kappa shape index (κ1) is 12.8. The van der Waals surface area contributed by atoms with Crippen molar-refractivity contribution in [2.75, 3.05) is 5.32 Å². The van der Waals surface area contributed by atoms with Crippen LogP contribution in [0.15, 0.2) is 59.2 Å². The van der Waals surface area contributed by atoms with E-state index in [2.05, 4.69) is 62.6 Å². The van der Waals surface area contributed by atoms with Crippen LogP contribution in [0.1, 0.15) is 23.6 Å². The van der Waals surface area contributed by atoms with E-state index in [0.717, 1.165) is 28.5 Å². The Labute approximate surface area is 132 Å². The number of pyridine rings is 1. The summed E-state index contributed by atoms with van der Waals surface area (Å²) in [7, 11) is 0. The van der Waals surface area contributed by atoms with Gasteiger partial charge in [0.2, 0.25) is 0 Å². The molecule has 1 unspecified atom stereocenters. The van der Waals surface area contributed by atoms with Gasteiger partial charge in [0.15, 0.2) is 0 Å². The van der Waals surface area contributed by atoms with Gasteiger partial charge in [0.05, 0.1) is 23.4 Å². The van der Waals surface area contributed by atoms with E-state index < -0.39 is 0 Å². The van der Waals surface area contributed by atoms with Crippen LogP contribution in [0.25, 0.3) is 10.9 Å². The summed E-state index contributed by atoms with van der Waals surface area (Å²) in [5, 5.41) is 4.81. The van der Waals surface area contributed by atoms with Crippen molar-refractivity contribution in [2.24, 2.45) is 0 Å². The summed E-state index contributed by atoms with van der Waals surface area (Å²) in [6.45, 7) is 0. The largest absolute Gasteiger partial charge is 0.377 e. The van der Waals surface area contributed by atoms with Crippen LogP contribution in [-0.2, 0) is 6.42 Å². The summed E-state index contributed by atoms with van der Waals surface area (Å²) in [6, 6.07) is 17.4. The molecule has 21 heavy (non-hydrogen) atoms. The molecule has 0 bridgehead atoms. The summed E-state index contributed by atoms with van der Waals surface area (Å²) >= 11 is 3.55. The molecule has 3 heteroatoms. The van der Waals surface area contributed by atoms with Crippen molar-refractivity contribution >= 4 is 32.5 Å². The van der Waals surface area contributed by atoms with E-state index in [-0.39, 0.29) is 0 Å². The van der Waals surface area contributed by atoms with Gasteiger partial charge in [0.25, 0.3) is 0 Å². The SMILES string of the molecule is Brc1ccc2c(c1)CCC2Nc1cnc2ccccc2c1. The number of aryl methyl sites for hydroxylation is 1. The molecule has 0 aliphatic heterocycles. The van der Waals surface area contributed by atoms with E-state index in [1.54, 1.807) is 0 Å². The van der Waals surface area contributed by atoms with Crippen LogP contribution in [0.3, 0.4) is 0 Å². The fraction of sp³-hybridized carbons (Fsp3) is 0.167. The number of nitrogens with one attached hydrogen (secondary N) is 1. The molecule has 1 heterocycles. The quantitative estimate of drug-likeness (QED) is 0.703. The number of benzene rings is 2. The van der Waals surface area contributed by atoms with Gasteiger partial charge in [0.1, 0.15) is 0 Å². The Morgan fingerprint density at radius 2 is 2.00 bits per heavy atom. The highest BCUT2D eigenvalue weighted by atomic mass is 79.9. The predicted molar refractivity (Wildman–Crippen MR) is 90.6 cm³/mol. The van der Waals surface area contributed by atoms with Gasteiger partial charge in [-0.1, -0.05) is 40.2 Å². The zero-order chi connectivity index (χ0) is 14.2. The molecule has 0 saturated carbocycles. The van der Waals surface area contributed by atoms with E-state index in [1.807, 2.05) is 18.3 Å². The predicted octanol–water partition coefficient (Wildman–Crippen LogP) is 5.10. The summed E-state index contributed by atoms with van der Waals surface area (Å²) in [6.07, 6.45) is 4.20. The maximum Gasteiger partial charge on any atom is 0.0703 e. The molecular weight excluding hydrogens is 324 g/mol. The maximum absolute atomic E-state index is 4.52. The Kier molecular flexibility index (Phi) is 3.15. The van der Waals surface area contributed by atoms with E-state index in [4.69, 9.17) is 0 Å². The van der Waals surface area contributed by atoms with Gasteiger partial charge in [-0.2, -0.15) is 0 Å². The Morgan fingerprint density at radius 3 is 2.95 bits per heavy atom. The molecule has 4 rings (SSSR count). The lowest BCUT2D eigenvalue weighted by Crippen LogP contribution is -2.07. The van der Waals surface area contributed by atoms with Crippen molar-refractivity contribution in [3.8, 4) is 0 Å². The summed E-state index contributed by atoms with van der Waals surface area (Å²) < 4.78 is 1.16. The third kappa shape index (κ3) is 2.42. The third-order valence-electron chi connectivity index (χ3n) is 4.11. The molecule has 1 N–H and O–H groups in total. The van der Waals surface area contributed by atoms with E-state index in [1.165, 1.54) is 16.5 Å². The number of fused-ring (bicyclic) bond motifs is 2. The zero-order valence-corrected chi connectivity index (χ0v) is 13.1. The van der Waals surface area contributed by atoms with Crippen LogP contribution in [0, 0.1) is 0 Å². The molecule has 1 aliphatic carbocycles. The average Bonchev–Trinajstić information content (AvgIpc) is 2.89. The number of anilines is 1. The lowest BCUT2D eigenvalue weighted by Gasteiger charge is -2.15. The highest BCUT2D eigenvalue weighted by Crippen LogP contribution is 2.35. The molecule has 1 aliphatic rings. The Hall–Kier alpha value is -1.87. The van der Waals surface area contributed by atoms with E-state index >= 15 is 0 Å². The minimum atomic E-state index is 0.385. The third-order valence-corrected chi connectivity index (χ3v) is 4.61. The van der Waals surface area contributed by atoms with Crippen LogP contribution in [0.2, 0.25) is 0 Å². The molecule has 1 aromatic heterocycles. The molecule has 2 aromatic carbocycles. The van der Waals surface area contributed by atoms with Gasteiger partial charge in [0, 0.05) is 9.86 Å². The molecule has 0 fully saturated rings. The summed E-state index contributed by atoms with van der Waals surface area (Å²) in [5.74, 6) is 0. The number of hydrogen-bond acceptors (Lipinski definition) is 2. The highest BCUT2D eigenvalue weighted by Gasteiger charge is 2.22. The number of rotatable bonds is 2. The van der Waals surface area contributed by atoms with Crippen LogP contribution >= 0.6 is 15.9 Å². The van der Waals surface area contributed by atoms with Gasteiger partial charge < -0.3 is 5.32 Å². The van der Waals surface area contributed by atoms with Crippen molar-refractivity contribution in [3.05, 3.63) is 70.3 Å². The fourth-order valence-corrected chi connectivity index (χ4v) is 3.50. The topological polar surface area (TPSA) is 24.9 Å². The summed E-state index contributed by atoms with van der Waals surface area (Å²) in [5.41, 5.74) is 4.98. The Bertz CT molecular complexity index is 813. The second kappa shape index (κ2) is 5.15. The molecule has 0 amide bonds. The van der Waals surface area contributed by atoms with Crippen LogP contribution < -0.4 is 5.32 Å². The summed E-state index contributed by atoms with van der Waals surface area (Å²) in [4.78, 5) is 4.52. The average molecular weight is 339 g/mol. The van der Waals surface area contributed by atoms with Gasteiger partial charge >= 0.3 is 0 Å². The number of aromatic nitrogens is 1. The first-order chi connectivity index (χ1) is 10.3. The molecule has 104 valence electrons. The highest BCUT2D eigenvalue weighted by molar-refractivity contribution is 9.10. The Balaban J connectivity index is 1.64. The second-order valence-electron chi connectivity index (χ2n) is 5.50. The molecule has 3 aromatic rings. The van der Waals surface area contributed by atoms with E-state index in [9.17, 15) is 0 Å². The normalized spacial score (nSPS) is 16.9. The first-order valence-corrected chi connectivity index (χ1v) is 7.98. The zero-order valence-electron chi connectivity index (χ0n) is 11.5. The smallest absolute Gasteiger partial charge is 0.0703 e. The number of para-hydroxylation sites is 1. The van der Waals surface area contributed by atoms with Crippen molar-refractivity contribution in [3.63, 3.8) is 0 Å². The fourth-order valence-electron chi connectivity index (χ4n) is 3.09. The molecule has 0 spiro atoms. The van der Waals surface area contributed by atoms with Gasteiger partial charge in [-0.15, -0.1) is 0 Å². The minimum absolute atomic E-state index is 0.385. The molecule has 2 nitrogen and oxygen atoms in total. The van der Waals surface area contributed by atoms with Crippen molar-refractivity contribution in [1.82, 2.24) is 4.98 Å². The molecule has 0 saturated heterocycles. The van der Waals surface area contributed by atoms with Crippen molar-refractivity contribution in [2.45, 2.75) is 18.9 Å². The van der Waals surface area contributed by atoms with Crippen LogP contribution in [0.4, 0.5) is 5.69 Å². The van der Waals surface area contributed by atoms with Gasteiger partial charge in [-0.25, -0.2) is 0 Å². The number of hydrogen-bond donors (Lipinski definition) is 1. The van der Waals surface area contributed by atoms with Gasteiger partial charge in [-0.3, -0.25) is 4.98 Å². The molecule has 0 radical (unpaired) electrons. The molecule has 1 atom stereocenters. The van der Waals surface area contributed by atoms with Crippen LogP contribution in [-0.4, -0.2) is 4.98 Å². The van der Waals surface area contributed by atoms with Crippen molar-refractivity contribution in [1.29, 1.82) is 0 Å². The monoisotopic (exact) mass is 338 g/mol. The van der Waals surface area contributed by atoms with Crippen LogP contribution in [0.5, 0.6) is 0 Å². The first-order valence-electron chi connectivity index (χ1n) is 7.19. The van der Waals surface area contributed by atoms with Gasteiger partial charge in [-0.05, 0) is 48.2 Å². The maximum atomic E-state index is 4.52. The van der Waals surface area contributed by atoms with Crippen molar-refractivity contribution < 1.29 is 0 Å². The lowest BCUT2D eigenvalue weighted by molar-refractivity contribution is 0.762. The minimum Gasteiger partial charge on any atom is -0.377 e. The number of nitrogens with zero attached hydrogens (tertiary/aromatic N) is 1. The Morgan fingerprint density at radius 1 is 1.10 bits per heavy atom. The standard InChI is InChI=1S/C18H15BrN2/c19-14-6-7-16-12(9-14)5-8-18(16)21-15-10-13-3-1-2-4-17(13)20-11-15/h1-4,6-7,9-11,18,21H,5,8H2. The second-order valence-corrected chi connectivity index (χ2v) is 6.41. The number of halogens is 1. The lowest BCUT2D eigenvalue weighted by atomic mass is 10.1.